The number of benzene rings is 1. The number of rotatable bonds is 3. The fraction of sp³-hybridized carbons (Fsp3) is 0.500. The zero-order chi connectivity index (χ0) is 15.8. The second-order valence-electron chi connectivity index (χ2n) is 5.56. The number of halogens is 1. The topological polar surface area (TPSA) is 74.7 Å². The highest BCUT2D eigenvalue weighted by Gasteiger charge is 2.36. The van der Waals surface area contributed by atoms with E-state index < -0.39 is 21.9 Å². The molecule has 1 N–H and O–H groups in total. The summed E-state index contributed by atoms with van der Waals surface area (Å²) in [6.07, 6.45) is 0.513. The number of sulfonamides is 1. The van der Waals surface area contributed by atoms with Crippen molar-refractivity contribution in [1.82, 2.24) is 4.31 Å². The number of hydrogen-bond donors (Lipinski definition) is 1. The van der Waals surface area contributed by atoms with Crippen molar-refractivity contribution in [2.24, 2.45) is 11.8 Å². The SMILES string of the molecule is Cc1c(Br)cccc1S(=O)(=O)N1CC(C)CC(C(=O)O)C1. The molecule has 1 saturated heterocycles. The van der Waals surface area contributed by atoms with Crippen LogP contribution >= 0.6 is 15.9 Å². The van der Waals surface area contributed by atoms with Crippen LogP contribution < -0.4 is 0 Å². The maximum Gasteiger partial charge on any atom is 0.307 e. The van der Waals surface area contributed by atoms with E-state index in [1.165, 1.54) is 4.31 Å². The van der Waals surface area contributed by atoms with Gasteiger partial charge in [0.2, 0.25) is 10.0 Å². The summed E-state index contributed by atoms with van der Waals surface area (Å²) in [6.45, 7) is 4.01. The first kappa shape index (κ1) is 16.5. The molecule has 0 saturated carbocycles. The summed E-state index contributed by atoms with van der Waals surface area (Å²) in [5, 5.41) is 9.18. The van der Waals surface area contributed by atoms with Crippen molar-refractivity contribution < 1.29 is 18.3 Å². The summed E-state index contributed by atoms with van der Waals surface area (Å²) in [7, 11) is -3.67. The van der Waals surface area contributed by atoms with Gasteiger partial charge in [0.15, 0.2) is 0 Å². The maximum atomic E-state index is 12.8. The molecule has 1 aliphatic rings. The standard InChI is InChI=1S/C14H18BrNO4S/c1-9-6-11(14(17)18)8-16(7-9)21(19,20)13-5-3-4-12(15)10(13)2/h3-5,9,11H,6-8H2,1-2H3,(H,17,18). The Morgan fingerprint density at radius 1 is 1.38 bits per heavy atom. The average molecular weight is 376 g/mol. The van der Waals surface area contributed by atoms with Crippen LogP contribution in [0.25, 0.3) is 0 Å². The van der Waals surface area contributed by atoms with E-state index in [0.717, 1.165) is 4.47 Å². The highest BCUT2D eigenvalue weighted by atomic mass is 79.9. The minimum atomic E-state index is -3.67. The molecule has 0 bridgehead atoms. The fourth-order valence-electron chi connectivity index (χ4n) is 2.68. The third-order valence-electron chi connectivity index (χ3n) is 3.81. The molecule has 0 amide bonds. The monoisotopic (exact) mass is 375 g/mol. The van der Waals surface area contributed by atoms with E-state index >= 15 is 0 Å². The lowest BCUT2D eigenvalue weighted by Crippen LogP contribution is -2.45. The highest BCUT2D eigenvalue weighted by Crippen LogP contribution is 2.30. The summed E-state index contributed by atoms with van der Waals surface area (Å²) >= 11 is 3.33. The summed E-state index contributed by atoms with van der Waals surface area (Å²) < 4.78 is 27.6. The fourth-order valence-corrected chi connectivity index (χ4v) is 5.03. The zero-order valence-electron chi connectivity index (χ0n) is 11.9. The minimum Gasteiger partial charge on any atom is -0.481 e. The van der Waals surface area contributed by atoms with Crippen molar-refractivity contribution in [3.8, 4) is 0 Å². The molecule has 1 fully saturated rings. The first-order valence-electron chi connectivity index (χ1n) is 6.71. The number of hydrogen-bond acceptors (Lipinski definition) is 3. The highest BCUT2D eigenvalue weighted by molar-refractivity contribution is 9.10. The largest absolute Gasteiger partial charge is 0.481 e. The van der Waals surface area contributed by atoms with Gasteiger partial charge in [0.05, 0.1) is 10.8 Å². The number of carboxylic acids is 1. The smallest absolute Gasteiger partial charge is 0.307 e. The predicted octanol–water partition coefficient (Wildman–Crippen LogP) is 2.49. The van der Waals surface area contributed by atoms with E-state index in [2.05, 4.69) is 15.9 Å². The molecule has 5 nitrogen and oxygen atoms in total. The van der Waals surface area contributed by atoms with Gasteiger partial charge in [-0.3, -0.25) is 4.79 Å². The van der Waals surface area contributed by atoms with Gasteiger partial charge in [-0.2, -0.15) is 4.31 Å². The Labute approximate surface area is 133 Å². The average Bonchev–Trinajstić information content (AvgIpc) is 2.40. The van der Waals surface area contributed by atoms with Crippen LogP contribution in [0.1, 0.15) is 18.9 Å². The zero-order valence-corrected chi connectivity index (χ0v) is 14.3. The molecule has 0 aliphatic carbocycles. The van der Waals surface area contributed by atoms with E-state index in [1.807, 2.05) is 6.92 Å². The Bertz CT molecular complexity index is 659. The van der Waals surface area contributed by atoms with E-state index in [1.54, 1.807) is 25.1 Å². The van der Waals surface area contributed by atoms with Crippen LogP contribution in [0.2, 0.25) is 0 Å². The number of carboxylic acid groups (broad SMARTS) is 1. The second kappa shape index (κ2) is 6.06. The van der Waals surface area contributed by atoms with Crippen LogP contribution in [-0.2, 0) is 14.8 Å². The molecule has 2 rings (SSSR count). The summed E-state index contributed by atoms with van der Waals surface area (Å²) in [4.78, 5) is 11.4. The molecule has 2 atom stereocenters. The Morgan fingerprint density at radius 3 is 2.67 bits per heavy atom. The number of carbonyl (C=O) groups is 1. The predicted molar refractivity (Wildman–Crippen MR) is 82.5 cm³/mol. The van der Waals surface area contributed by atoms with Crippen molar-refractivity contribution in [3.05, 3.63) is 28.2 Å². The van der Waals surface area contributed by atoms with Gasteiger partial charge in [0.25, 0.3) is 0 Å². The van der Waals surface area contributed by atoms with Crippen LogP contribution in [-0.4, -0.2) is 36.9 Å². The van der Waals surface area contributed by atoms with Crippen molar-refractivity contribution in [2.75, 3.05) is 13.1 Å². The molecule has 1 aromatic rings. The van der Waals surface area contributed by atoms with Crippen LogP contribution in [0.4, 0.5) is 0 Å². The van der Waals surface area contributed by atoms with E-state index in [4.69, 9.17) is 0 Å². The lowest BCUT2D eigenvalue weighted by molar-refractivity contribution is -0.143. The molecule has 0 spiro atoms. The molecule has 2 unspecified atom stereocenters. The number of aliphatic carboxylic acids is 1. The van der Waals surface area contributed by atoms with Gasteiger partial charge in [-0.1, -0.05) is 28.9 Å². The van der Waals surface area contributed by atoms with Gasteiger partial charge >= 0.3 is 5.97 Å². The lowest BCUT2D eigenvalue weighted by Gasteiger charge is -2.34. The van der Waals surface area contributed by atoms with Crippen molar-refractivity contribution in [3.63, 3.8) is 0 Å². The van der Waals surface area contributed by atoms with Crippen molar-refractivity contribution in [1.29, 1.82) is 0 Å². The van der Waals surface area contributed by atoms with Gasteiger partial charge in [-0.05, 0) is 37.0 Å². The normalized spacial score (nSPS) is 24.0. The molecule has 1 aromatic carbocycles. The van der Waals surface area contributed by atoms with Gasteiger partial charge in [-0.15, -0.1) is 0 Å². The van der Waals surface area contributed by atoms with Gasteiger partial charge < -0.3 is 5.11 Å². The molecule has 0 aromatic heterocycles. The lowest BCUT2D eigenvalue weighted by atomic mass is 9.92. The molecule has 0 radical (unpaired) electrons. The first-order valence-corrected chi connectivity index (χ1v) is 8.95. The summed E-state index contributed by atoms with van der Waals surface area (Å²) in [6, 6.07) is 5.02. The van der Waals surface area contributed by atoms with Crippen LogP contribution in [0.5, 0.6) is 0 Å². The van der Waals surface area contributed by atoms with Crippen LogP contribution in [0, 0.1) is 18.8 Å². The molecular formula is C14H18BrNO4S. The third-order valence-corrected chi connectivity index (χ3v) is 6.65. The quantitative estimate of drug-likeness (QED) is 0.880. The molecule has 7 heteroatoms. The summed E-state index contributed by atoms with van der Waals surface area (Å²) in [5.74, 6) is -1.55. The Morgan fingerprint density at radius 2 is 2.05 bits per heavy atom. The number of nitrogens with zero attached hydrogens (tertiary/aromatic N) is 1. The van der Waals surface area contributed by atoms with E-state index in [9.17, 15) is 18.3 Å². The Balaban J connectivity index is 2.39. The van der Waals surface area contributed by atoms with Gasteiger partial charge in [0.1, 0.15) is 0 Å². The molecule has 116 valence electrons. The van der Waals surface area contributed by atoms with E-state index in [-0.39, 0.29) is 17.4 Å². The summed E-state index contributed by atoms with van der Waals surface area (Å²) in [5.41, 5.74) is 0.641. The molecular weight excluding hydrogens is 358 g/mol. The third kappa shape index (κ3) is 3.30. The first-order chi connectivity index (χ1) is 9.73. The molecule has 1 heterocycles. The van der Waals surface area contributed by atoms with Crippen LogP contribution in [0.3, 0.4) is 0 Å². The second-order valence-corrected chi connectivity index (χ2v) is 8.32. The van der Waals surface area contributed by atoms with Crippen molar-refractivity contribution in [2.45, 2.75) is 25.2 Å². The Kier molecular flexibility index (Phi) is 4.75. The Hall–Kier alpha value is -0.920. The maximum absolute atomic E-state index is 12.8. The van der Waals surface area contributed by atoms with Gasteiger partial charge in [0, 0.05) is 17.6 Å². The van der Waals surface area contributed by atoms with Crippen molar-refractivity contribution >= 4 is 31.9 Å². The van der Waals surface area contributed by atoms with E-state index in [0.29, 0.717) is 18.5 Å². The number of piperidine rings is 1. The molecule has 1 aliphatic heterocycles. The van der Waals surface area contributed by atoms with Crippen LogP contribution in [0.15, 0.2) is 27.6 Å². The van der Waals surface area contributed by atoms with Gasteiger partial charge in [-0.25, -0.2) is 8.42 Å². The molecule has 21 heavy (non-hydrogen) atoms. The minimum absolute atomic E-state index is 0.0297.